The van der Waals surface area contributed by atoms with E-state index < -0.39 is 5.25 Å². The monoisotopic (exact) mass is 343 g/mol. The number of thioether (sulfide) groups is 1. The van der Waals surface area contributed by atoms with Crippen molar-refractivity contribution < 1.29 is 14.0 Å². The van der Waals surface area contributed by atoms with Gasteiger partial charge in [-0.25, -0.2) is 0 Å². The molecule has 2 amide bonds. The standard InChI is InChI=1S/C17H17N3O3S/c1-11-5-2-3-7-13(11)19-15(21)9-14-16(22)20-17(24-14)18-10-12-6-4-8-23-12/h2-8,14H,9-10H2,1H3,(H,19,21)(H,18,20,22)/t14-/m0/s1. The van der Waals surface area contributed by atoms with Gasteiger partial charge in [0.2, 0.25) is 11.8 Å². The molecule has 1 aliphatic heterocycles. The number of aliphatic imine (C=N–C) groups is 1. The van der Waals surface area contributed by atoms with Crippen LogP contribution in [0.3, 0.4) is 0 Å². The second-order valence-electron chi connectivity index (χ2n) is 5.36. The van der Waals surface area contributed by atoms with Crippen LogP contribution in [0.25, 0.3) is 0 Å². The summed E-state index contributed by atoms with van der Waals surface area (Å²) in [6.07, 6.45) is 1.68. The molecule has 1 aromatic carbocycles. The Hall–Kier alpha value is -2.54. The van der Waals surface area contributed by atoms with Crippen LogP contribution in [0.2, 0.25) is 0 Å². The summed E-state index contributed by atoms with van der Waals surface area (Å²) in [4.78, 5) is 28.4. The lowest BCUT2D eigenvalue weighted by atomic mass is 10.2. The van der Waals surface area contributed by atoms with Crippen LogP contribution in [-0.4, -0.2) is 22.2 Å². The average molecular weight is 343 g/mol. The van der Waals surface area contributed by atoms with E-state index in [4.69, 9.17) is 4.42 Å². The molecule has 2 N–H and O–H groups in total. The maximum absolute atomic E-state index is 12.2. The predicted molar refractivity (Wildman–Crippen MR) is 93.8 cm³/mol. The van der Waals surface area contributed by atoms with Crippen molar-refractivity contribution in [3.8, 4) is 0 Å². The molecule has 1 saturated heterocycles. The average Bonchev–Trinajstić information content (AvgIpc) is 3.18. The van der Waals surface area contributed by atoms with E-state index in [0.717, 1.165) is 17.0 Å². The van der Waals surface area contributed by atoms with Crippen molar-refractivity contribution in [2.24, 2.45) is 4.99 Å². The molecule has 0 bridgehead atoms. The number of rotatable bonds is 5. The molecule has 124 valence electrons. The van der Waals surface area contributed by atoms with Gasteiger partial charge >= 0.3 is 0 Å². The summed E-state index contributed by atoms with van der Waals surface area (Å²) in [7, 11) is 0. The van der Waals surface area contributed by atoms with Crippen LogP contribution in [0.1, 0.15) is 17.7 Å². The van der Waals surface area contributed by atoms with Crippen molar-refractivity contribution in [3.63, 3.8) is 0 Å². The van der Waals surface area contributed by atoms with Gasteiger partial charge < -0.3 is 15.1 Å². The third-order valence-electron chi connectivity index (χ3n) is 3.53. The number of anilines is 1. The van der Waals surface area contributed by atoms with Gasteiger partial charge in [-0.05, 0) is 30.7 Å². The van der Waals surface area contributed by atoms with Crippen LogP contribution >= 0.6 is 11.8 Å². The number of amides is 2. The Morgan fingerprint density at radius 2 is 2.17 bits per heavy atom. The first kappa shape index (κ1) is 16.3. The van der Waals surface area contributed by atoms with Crippen LogP contribution in [0.15, 0.2) is 52.1 Å². The number of nitrogens with zero attached hydrogens (tertiary/aromatic N) is 1. The third kappa shape index (κ3) is 4.05. The first-order valence-electron chi connectivity index (χ1n) is 7.51. The number of hydrogen-bond donors (Lipinski definition) is 2. The predicted octanol–water partition coefficient (Wildman–Crippen LogP) is 2.70. The lowest BCUT2D eigenvalue weighted by molar-refractivity contribution is -0.122. The van der Waals surface area contributed by atoms with E-state index in [9.17, 15) is 9.59 Å². The summed E-state index contributed by atoms with van der Waals surface area (Å²) < 4.78 is 5.20. The van der Waals surface area contributed by atoms with Crippen LogP contribution in [0.4, 0.5) is 5.69 Å². The van der Waals surface area contributed by atoms with Crippen molar-refractivity contribution >= 4 is 34.4 Å². The van der Waals surface area contributed by atoms with Gasteiger partial charge in [-0.2, -0.15) is 0 Å². The number of furan rings is 1. The minimum Gasteiger partial charge on any atom is -0.467 e. The minimum atomic E-state index is -0.468. The van der Waals surface area contributed by atoms with Crippen molar-refractivity contribution in [1.82, 2.24) is 5.32 Å². The molecule has 0 aliphatic carbocycles. The van der Waals surface area contributed by atoms with Gasteiger partial charge in [0.1, 0.15) is 11.0 Å². The molecular weight excluding hydrogens is 326 g/mol. The molecule has 0 saturated carbocycles. The zero-order valence-electron chi connectivity index (χ0n) is 13.1. The second kappa shape index (κ2) is 7.35. The number of carbonyl (C=O) groups is 2. The highest BCUT2D eigenvalue weighted by Crippen LogP contribution is 2.24. The molecule has 1 fully saturated rings. The number of nitrogens with one attached hydrogen (secondary N) is 2. The van der Waals surface area contributed by atoms with Gasteiger partial charge in [0.25, 0.3) is 0 Å². The number of amidine groups is 1. The molecule has 3 rings (SSSR count). The highest BCUT2D eigenvalue weighted by molar-refractivity contribution is 8.15. The fourth-order valence-corrected chi connectivity index (χ4v) is 3.22. The van der Waals surface area contributed by atoms with Crippen LogP contribution in [-0.2, 0) is 16.1 Å². The molecule has 0 spiro atoms. The molecule has 1 atom stereocenters. The Morgan fingerprint density at radius 1 is 1.33 bits per heavy atom. The SMILES string of the molecule is Cc1ccccc1NC(=O)C[C@@H]1SC(=NCc2ccco2)NC1=O. The summed E-state index contributed by atoms with van der Waals surface area (Å²) in [5.41, 5.74) is 1.74. The van der Waals surface area contributed by atoms with E-state index in [2.05, 4.69) is 15.6 Å². The van der Waals surface area contributed by atoms with E-state index in [1.807, 2.05) is 37.3 Å². The Kier molecular flexibility index (Phi) is 5.00. The lowest BCUT2D eigenvalue weighted by Crippen LogP contribution is -2.28. The third-order valence-corrected chi connectivity index (χ3v) is 4.64. The van der Waals surface area contributed by atoms with Gasteiger partial charge in [-0.3, -0.25) is 14.6 Å². The molecule has 1 aromatic heterocycles. The zero-order chi connectivity index (χ0) is 16.9. The number of benzene rings is 1. The van der Waals surface area contributed by atoms with E-state index in [-0.39, 0.29) is 18.2 Å². The Balaban J connectivity index is 1.55. The number of hydrogen-bond acceptors (Lipinski definition) is 5. The van der Waals surface area contributed by atoms with Crippen LogP contribution in [0.5, 0.6) is 0 Å². The maximum Gasteiger partial charge on any atom is 0.240 e. The number of aryl methyl sites for hydroxylation is 1. The fourth-order valence-electron chi connectivity index (χ4n) is 2.25. The van der Waals surface area contributed by atoms with Crippen molar-refractivity contribution in [3.05, 3.63) is 54.0 Å². The van der Waals surface area contributed by atoms with Gasteiger partial charge in [0.15, 0.2) is 5.17 Å². The molecule has 2 aromatic rings. The normalized spacial score (nSPS) is 18.6. The van der Waals surface area contributed by atoms with Gasteiger partial charge in [-0.15, -0.1) is 0 Å². The molecule has 7 heteroatoms. The molecule has 24 heavy (non-hydrogen) atoms. The first-order chi connectivity index (χ1) is 11.6. The highest BCUT2D eigenvalue weighted by atomic mass is 32.2. The fraction of sp³-hybridized carbons (Fsp3) is 0.235. The lowest BCUT2D eigenvalue weighted by Gasteiger charge is -2.09. The van der Waals surface area contributed by atoms with Crippen LogP contribution < -0.4 is 10.6 Å². The minimum absolute atomic E-state index is 0.102. The van der Waals surface area contributed by atoms with Crippen molar-refractivity contribution in [2.45, 2.75) is 25.1 Å². The summed E-state index contributed by atoms with van der Waals surface area (Å²) >= 11 is 1.27. The van der Waals surface area contributed by atoms with Gasteiger partial charge in [-0.1, -0.05) is 30.0 Å². The number of para-hydroxylation sites is 1. The summed E-state index contributed by atoms with van der Waals surface area (Å²) in [5.74, 6) is 0.334. The smallest absolute Gasteiger partial charge is 0.240 e. The van der Waals surface area contributed by atoms with Gasteiger partial charge in [0.05, 0.1) is 12.8 Å². The van der Waals surface area contributed by atoms with Crippen molar-refractivity contribution in [2.75, 3.05) is 5.32 Å². The maximum atomic E-state index is 12.2. The summed E-state index contributed by atoms with van der Waals surface area (Å²) in [6, 6.07) is 11.1. The topological polar surface area (TPSA) is 83.7 Å². The van der Waals surface area contributed by atoms with Crippen LogP contribution in [0, 0.1) is 6.92 Å². The van der Waals surface area contributed by atoms with E-state index in [0.29, 0.717) is 11.7 Å². The summed E-state index contributed by atoms with van der Waals surface area (Å²) in [6.45, 7) is 2.28. The quantitative estimate of drug-likeness (QED) is 0.874. The largest absolute Gasteiger partial charge is 0.467 e. The van der Waals surface area contributed by atoms with E-state index in [1.165, 1.54) is 11.8 Å². The molecular formula is C17H17N3O3S. The summed E-state index contributed by atoms with van der Waals surface area (Å²) in [5, 5.41) is 5.59. The Labute approximate surface area is 143 Å². The van der Waals surface area contributed by atoms with E-state index >= 15 is 0 Å². The zero-order valence-corrected chi connectivity index (χ0v) is 13.9. The Morgan fingerprint density at radius 3 is 2.92 bits per heavy atom. The van der Waals surface area contributed by atoms with Gasteiger partial charge in [0, 0.05) is 12.1 Å². The second-order valence-corrected chi connectivity index (χ2v) is 6.56. The molecule has 0 radical (unpaired) electrons. The Bertz CT molecular complexity index is 771. The molecule has 1 aliphatic rings. The number of carbonyl (C=O) groups excluding carboxylic acids is 2. The molecule has 2 heterocycles. The van der Waals surface area contributed by atoms with Crippen molar-refractivity contribution in [1.29, 1.82) is 0 Å². The van der Waals surface area contributed by atoms with E-state index in [1.54, 1.807) is 12.3 Å². The first-order valence-corrected chi connectivity index (χ1v) is 8.39. The molecule has 6 nitrogen and oxygen atoms in total. The highest BCUT2D eigenvalue weighted by Gasteiger charge is 2.32. The molecule has 0 unspecified atom stereocenters.